The molecule has 10 heteroatoms. The molecule has 1 amide bonds. The summed E-state index contributed by atoms with van der Waals surface area (Å²) in [6, 6.07) is 15.8. The van der Waals surface area contributed by atoms with Gasteiger partial charge in [-0.3, -0.25) is 9.78 Å². The van der Waals surface area contributed by atoms with E-state index in [0.29, 0.717) is 36.1 Å². The molecule has 45 heavy (non-hydrogen) atoms. The van der Waals surface area contributed by atoms with Crippen molar-refractivity contribution >= 4 is 39.9 Å². The van der Waals surface area contributed by atoms with E-state index in [1.54, 1.807) is 22.8 Å². The summed E-state index contributed by atoms with van der Waals surface area (Å²) in [6.45, 7) is 7.86. The summed E-state index contributed by atoms with van der Waals surface area (Å²) >= 11 is 0. The first-order chi connectivity index (χ1) is 21.8. The highest BCUT2D eigenvalue weighted by Crippen LogP contribution is 2.42. The van der Waals surface area contributed by atoms with Crippen molar-refractivity contribution in [2.45, 2.75) is 64.5 Å². The number of benzene rings is 2. The number of rotatable bonds is 9. The van der Waals surface area contributed by atoms with Gasteiger partial charge < -0.3 is 16.0 Å². The number of carbonyl (C=O) groups excluding carboxylic acids is 1. The maximum absolute atomic E-state index is 13.3. The number of hydrogen-bond donors (Lipinski definition) is 3. The Hall–Kier alpha value is -4.86. The lowest BCUT2D eigenvalue weighted by atomic mass is 9.68. The Bertz CT molecular complexity index is 1910. The van der Waals surface area contributed by atoms with Gasteiger partial charge in [0, 0.05) is 41.0 Å². The van der Waals surface area contributed by atoms with Crippen LogP contribution in [-0.2, 0) is 11.3 Å². The second kappa shape index (κ2) is 11.9. The van der Waals surface area contributed by atoms with E-state index < -0.39 is 11.7 Å². The molecule has 9 nitrogen and oxygen atoms in total. The van der Waals surface area contributed by atoms with E-state index in [1.165, 1.54) is 32.1 Å². The number of aromatic nitrogens is 5. The van der Waals surface area contributed by atoms with Crippen molar-refractivity contribution in [3.8, 4) is 11.3 Å². The maximum atomic E-state index is 13.3. The summed E-state index contributed by atoms with van der Waals surface area (Å²) in [6.07, 6.45) is 10.1. The van der Waals surface area contributed by atoms with E-state index >= 15 is 0 Å². The summed E-state index contributed by atoms with van der Waals surface area (Å²) in [5.74, 6) is 1.13. The van der Waals surface area contributed by atoms with E-state index in [0.717, 1.165) is 44.7 Å². The molecule has 3 heterocycles. The van der Waals surface area contributed by atoms with Crippen LogP contribution in [0, 0.1) is 11.8 Å². The molecular formula is C35H37FN8O. The molecule has 2 bridgehead atoms. The Morgan fingerprint density at radius 3 is 2.67 bits per heavy atom. The Balaban J connectivity index is 1.19. The summed E-state index contributed by atoms with van der Waals surface area (Å²) in [5.41, 5.74) is 5.19. The number of anilines is 3. The molecule has 3 N–H and O–H groups in total. The highest BCUT2D eigenvalue weighted by atomic mass is 19.1. The van der Waals surface area contributed by atoms with Crippen LogP contribution in [-0.4, -0.2) is 36.5 Å². The smallest absolute Gasteiger partial charge is 0.283 e. The third-order valence-corrected chi connectivity index (χ3v) is 9.36. The molecule has 2 aromatic carbocycles. The van der Waals surface area contributed by atoms with Crippen LogP contribution in [0.5, 0.6) is 0 Å². The van der Waals surface area contributed by atoms with Crippen molar-refractivity contribution in [1.82, 2.24) is 24.6 Å². The third-order valence-electron chi connectivity index (χ3n) is 9.36. The largest absolute Gasteiger partial charge is 0.351 e. The summed E-state index contributed by atoms with van der Waals surface area (Å²) in [7, 11) is 0. The number of carbonyl (C=O) groups is 1. The average Bonchev–Trinajstić information content (AvgIpc) is 3.48. The molecular weight excluding hydrogens is 567 g/mol. The topological polar surface area (TPSA) is 109 Å². The number of halogens is 1. The maximum Gasteiger partial charge on any atom is 0.283 e. The van der Waals surface area contributed by atoms with Crippen molar-refractivity contribution in [3.05, 3.63) is 84.5 Å². The number of nitrogens with one attached hydrogen (secondary N) is 3. The minimum Gasteiger partial charge on any atom is -0.351 e. The standard InChI is InChI=1S/C35H37FN8O/c1-20(2)29-19-39-44-32(29)42-34(41-30-16-22-8-10-23(30)11-9-22)43-35(44)38-18-25-6-4-5-7-27(25)31-28-13-12-26(40-33(45)21(3)36)17-24(28)14-15-37-31/h4-7,12-15,17,19-20,22-23,30H,3,8-11,16,18H2,1-2H3,(H,40,45)(H2,38,41,42,43)/t22?,23?,30-/m0/s1. The van der Waals surface area contributed by atoms with Gasteiger partial charge in [0.05, 0.1) is 11.9 Å². The zero-order chi connectivity index (χ0) is 31.1. The predicted octanol–water partition coefficient (Wildman–Crippen LogP) is 7.49. The molecule has 5 aromatic rings. The molecule has 1 atom stereocenters. The zero-order valence-electron chi connectivity index (χ0n) is 25.6. The van der Waals surface area contributed by atoms with Gasteiger partial charge in [-0.2, -0.15) is 19.6 Å². The van der Waals surface area contributed by atoms with Crippen LogP contribution in [0.15, 0.2) is 73.3 Å². The van der Waals surface area contributed by atoms with E-state index in [9.17, 15) is 9.18 Å². The number of amides is 1. The number of nitrogens with zero attached hydrogens (tertiary/aromatic N) is 5. The molecule has 3 aliphatic rings. The van der Waals surface area contributed by atoms with Gasteiger partial charge in [0.15, 0.2) is 11.5 Å². The van der Waals surface area contributed by atoms with Gasteiger partial charge in [-0.05, 0) is 66.2 Å². The third kappa shape index (κ3) is 5.72. The van der Waals surface area contributed by atoms with Crippen LogP contribution < -0.4 is 16.0 Å². The Kier molecular flexibility index (Phi) is 7.64. The Morgan fingerprint density at radius 1 is 1.09 bits per heavy atom. The van der Waals surface area contributed by atoms with E-state index in [2.05, 4.69) is 47.5 Å². The second-order valence-corrected chi connectivity index (χ2v) is 12.6. The van der Waals surface area contributed by atoms with Gasteiger partial charge in [-0.1, -0.05) is 63.6 Å². The first kappa shape index (κ1) is 28.9. The molecule has 0 radical (unpaired) electrons. The van der Waals surface area contributed by atoms with E-state index in [4.69, 9.17) is 15.0 Å². The first-order valence-corrected chi connectivity index (χ1v) is 15.7. The predicted molar refractivity (Wildman–Crippen MR) is 176 cm³/mol. The Labute approximate surface area is 261 Å². The highest BCUT2D eigenvalue weighted by Gasteiger charge is 2.36. The molecule has 0 spiro atoms. The van der Waals surface area contributed by atoms with Gasteiger partial charge >= 0.3 is 0 Å². The molecule has 3 fully saturated rings. The first-order valence-electron chi connectivity index (χ1n) is 15.7. The lowest BCUT2D eigenvalue weighted by Crippen LogP contribution is -2.40. The molecule has 3 saturated carbocycles. The van der Waals surface area contributed by atoms with Gasteiger partial charge in [-0.25, -0.2) is 4.39 Å². The highest BCUT2D eigenvalue weighted by molar-refractivity contribution is 6.04. The number of hydrogen-bond acceptors (Lipinski definition) is 7. The quantitative estimate of drug-likeness (QED) is 0.150. The number of pyridine rings is 1. The summed E-state index contributed by atoms with van der Waals surface area (Å²) in [5, 5.41) is 16.3. The fourth-order valence-electron chi connectivity index (χ4n) is 6.95. The van der Waals surface area contributed by atoms with Gasteiger partial charge in [0.25, 0.3) is 5.91 Å². The lowest BCUT2D eigenvalue weighted by Gasteiger charge is -2.42. The van der Waals surface area contributed by atoms with Crippen LogP contribution in [0.1, 0.15) is 63.0 Å². The normalized spacial score (nSPS) is 19.2. The number of fused-ring (bicyclic) bond motifs is 5. The molecule has 8 rings (SSSR count). The van der Waals surface area contributed by atoms with Crippen LogP contribution >= 0.6 is 0 Å². The SMILES string of the molecule is C=C(F)C(=O)Nc1ccc2c(-c3ccccc3CNc3nc(N[C@H]4CC5CCC4CC5)nc4c(C(C)C)cnn34)nccc2c1. The van der Waals surface area contributed by atoms with Crippen molar-refractivity contribution in [2.24, 2.45) is 11.8 Å². The molecule has 0 aliphatic heterocycles. The fraction of sp³-hybridized carbons (Fsp3) is 0.343. The average molecular weight is 605 g/mol. The van der Waals surface area contributed by atoms with Crippen LogP contribution in [0.4, 0.5) is 22.0 Å². The molecule has 3 aromatic heterocycles. The fourth-order valence-corrected chi connectivity index (χ4v) is 6.95. The molecule has 0 saturated heterocycles. The van der Waals surface area contributed by atoms with Crippen molar-refractivity contribution in [2.75, 3.05) is 16.0 Å². The van der Waals surface area contributed by atoms with Crippen molar-refractivity contribution in [3.63, 3.8) is 0 Å². The monoisotopic (exact) mass is 604 g/mol. The van der Waals surface area contributed by atoms with Crippen molar-refractivity contribution in [1.29, 1.82) is 0 Å². The van der Waals surface area contributed by atoms with Crippen molar-refractivity contribution < 1.29 is 9.18 Å². The van der Waals surface area contributed by atoms with Crippen LogP contribution in [0.25, 0.3) is 27.7 Å². The van der Waals surface area contributed by atoms with Crippen LogP contribution in [0.2, 0.25) is 0 Å². The molecule has 3 aliphatic carbocycles. The van der Waals surface area contributed by atoms with Crippen LogP contribution in [0.3, 0.4) is 0 Å². The summed E-state index contributed by atoms with van der Waals surface area (Å²) < 4.78 is 15.1. The lowest BCUT2D eigenvalue weighted by molar-refractivity contribution is -0.114. The van der Waals surface area contributed by atoms with E-state index in [-0.39, 0.29) is 5.92 Å². The minimum absolute atomic E-state index is 0.270. The zero-order valence-corrected chi connectivity index (χ0v) is 25.6. The van der Waals surface area contributed by atoms with Gasteiger partial charge in [0.1, 0.15) is 0 Å². The minimum atomic E-state index is -1.03. The molecule has 230 valence electrons. The Morgan fingerprint density at radius 2 is 1.91 bits per heavy atom. The van der Waals surface area contributed by atoms with Gasteiger partial charge in [-0.15, -0.1) is 0 Å². The van der Waals surface area contributed by atoms with Gasteiger partial charge in [0.2, 0.25) is 11.9 Å². The molecule has 0 unspecified atom stereocenters. The second-order valence-electron chi connectivity index (χ2n) is 12.6. The van der Waals surface area contributed by atoms with E-state index in [1.807, 2.05) is 36.5 Å². The summed E-state index contributed by atoms with van der Waals surface area (Å²) in [4.78, 5) is 26.5.